The SMILES string of the molecule is O=C(Nc1ccnc(-c2ccccn2)n1)c1cnnn1-c1ccncc1. The highest BCUT2D eigenvalue weighted by Crippen LogP contribution is 2.14. The van der Waals surface area contributed by atoms with E-state index < -0.39 is 5.91 Å². The minimum absolute atomic E-state index is 0.272. The van der Waals surface area contributed by atoms with Crippen molar-refractivity contribution in [1.29, 1.82) is 0 Å². The third kappa shape index (κ3) is 3.13. The van der Waals surface area contributed by atoms with E-state index in [1.54, 1.807) is 49.1 Å². The van der Waals surface area contributed by atoms with E-state index in [4.69, 9.17) is 0 Å². The van der Waals surface area contributed by atoms with Gasteiger partial charge in [-0.3, -0.25) is 14.8 Å². The maximum atomic E-state index is 12.6. The Hall–Kier alpha value is -4.01. The van der Waals surface area contributed by atoms with Crippen LogP contribution in [0.25, 0.3) is 17.2 Å². The van der Waals surface area contributed by atoms with E-state index in [2.05, 4.69) is 35.6 Å². The van der Waals surface area contributed by atoms with Crippen LogP contribution in [0.3, 0.4) is 0 Å². The highest BCUT2D eigenvalue weighted by Gasteiger charge is 2.16. The minimum atomic E-state index is -0.391. The molecule has 4 aromatic heterocycles. The number of hydrogen-bond donors (Lipinski definition) is 1. The summed E-state index contributed by atoms with van der Waals surface area (Å²) in [5.41, 5.74) is 1.57. The van der Waals surface area contributed by atoms with Crippen molar-refractivity contribution in [2.45, 2.75) is 0 Å². The number of amides is 1. The molecule has 0 spiro atoms. The van der Waals surface area contributed by atoms with Crippen molar-refractivity contribution in [3.63, 3.8) is 0 Å². The second-order valence-corrected chi connectivity index (χ2v) is 5.17. The molecule has 0 aliphatic carbocycles. The second kappa shape index (κ2) is 6.85. The first-order chi connectivity index (χ1) is 12.8. The molecule has 0 radical (unpaired) electrons. The lowest BCUT2D eigenvalue weighted by Crippen LogP contribution is -2.18. The minimum Gasteiger partial charge on any atom is -0.305 e. The second-order valence-electron chi connectivity index (χ2n) is 5.17. The first kappa shape index (κ1) is 15.5. The molecular formula is C17H12N8O. The quantitative estimate of drug-likeness (QED) is 0.600. The molecule has 126 valence electrons. The van der Waals surface area contributed by atoms with Crippen LogP contribution in [-0.2, 0) is 0 Å². The van der Waals surface area contributed by atoms with E-state index in [-0.39, 0.29) is 5.69 Å². The van der Waals surface area contributed by atoms with Crippen LogP contribution in [0.2, 0.25) is 0 Å². The smallest absolute Gasteiger partial charge is 0.277 e. The third-order valence-electron chi connectivity index (χ3n) is 3.48. The molecule has 1 N–H and O–H groups in total. The van der Waals surface area contributed by atoms with Crippen molar-refractivity contribution >= 4 is 11.7 Å². The maximum Gasteiger partial charge on any atom is 0.277 e. The number of carbonyl (C=O) groups excluding carboxylic acids is 1. The van der Waals surface area contributed by atoms with Crippen LogP contribution in [0.4, 0.5) is 5.82 Å². The zero-order valence-electron chi connectivity index (χ0n) is 13.4. The molecule has 4 aromatic rings. The van der Waals surface area contributed by atoms with E-state index in [9.17, 15) is 4.79 Å². The first-order valence-corrected chi connectivity index (χ1v) is 7.68. The predicted molar refractivity (Wildman–Crippen MR) is 92.4 cm³/mol. The van der Waals surface area contributed by atoms with Crippen LogP contribution >= 0.6 is 0 Å². The fourth-order valence-corrected chi connectivity index (χ4v) is 2.29. The zero-order chi connectivity index (χ0) is 17.8. The number of anilines is 1. The van der Waals surface area contributed by atoms with Gasteiger partial charge in [-0.05, 0) is 30.3 Å². The molecule has 0 atom stereocenters. The summed E-state index contributed by atoms with van der Waals surface area (Å²) >= 11 is 0. The number of carbonyl (C=O) groups is 1. The van der Waals surface area contributed by atoms with Gasteiger partial charge in [-0.25, -0.2) is 14.6 Å². The average molecular weight is 344 g/mol. The maximum absolute atomic E-state index is 12.6. The Kier molecular flexibility index (Phi) is 4.09. The summed E-state index contributed by atoms with van der Waals surface area (Å²) < 4.78 is 1.43. The Morgan fingerprint density at radius 2 is 1.85 bits per heavy atom. The summed E-state index contributed by atoms with van der Waals surface area (Å²) in [6.07, 6.45) is 7.83. The normalized spacial score (nSPS) is 10.5. The summed E-state index contributed by atoms with van der Waals surface area (Å²) in [5, 5.41) is 10.5. The predicted octanol–water partition coefficient (Wildman–Crippen LogP) is 1.77. The van der Waals surface area contributed by atoms with Gasteiger partial charge in [0.15, 0.2) is 11.5 Å². The summed E-state index contributed by atoms with van der Waals surface area (Å²) in [4.78, 5) is 29.3. The molecule has 0 aliphatic heterocycles. The van der Waals surface area contributed by atoms with Crippen molar-refractivity contribution in [3.8, 4) is 17.2 Å². The van der Waals surface area contributed by atoms with Crippen molar-refractivity contribution in [2.24, 2.45) is 0 Å². The topological polar surface area (TPSA) is 111 Å². The molecule has 0 aromatic carbocycles. The number of aromatic nitrogens is 7. The first-order valence-electron chi connectivity index (χ1n) is 7.68. The van der Waals surface area contributed by atoms with E-state index >= 15 is 0 Å². The van der Waals surface area contributed by atoms with Gasteiger partial charge in [-0.15, -0.1) is 5.10 Å². The molecule has 26 heavy (non-hydrogen) atoms. The Bertz CT molecular complexity index is 1030. The Labute approximate surface area is 147 Å². The van der Waals surface area contributed by atoms with E-state index in [1.165, 1.54) is 10.9 Å². The molecule has 0 saturated heterocycles. The fourth-order valence-electron chi connectivity index (χ4n) is 2.29. The molecular weight excluding hydrogens is 332 g/mol. The molecule has 0 bridgehead atoms. The number of hydrogen-bond acceptors (Lipinski definition) is 7. The Morgan fingerprint density at radius 1 is 0.962 bits per heavy atom. The number of nitrogens with one attached hydrogen (secondary N) is 1. The van der Waals surface area contributed by atoms with Gasteiger partial charge in [-0.1, -0.05) is 11.3 Å². The van der Waals surface area contributed by atoms with E-state index in [1.807, 2.05) is 12.1 Å². The third-order valence-corrected chi connectivity index (χ3v) is 3.48. The van der Waals surface area contributed by atoms with Gasteiger partial charge >= 0.3 is 0 Å². The van der Waals surface area contributed by atoms with Crippen LogP contribution in [0, 0.1) is 0 Å². The zero-order valence-corrected chi connectivity index (χ0v) is 13.4. The summed E-state index contributed by atoms with van der Waals surface area (Å²) in [5.74, 6) is 0.384. The molecule has 4 rings (SSSR count). The van der Waals surface area contributed by atoms with Gasteiger partial charge in [0, 0.05) is 24.8 Å². The standard InChI is InChI=1S/C17H12N8O/c26-17(14-11-21-24-25(14)12-4-8-18-9-5-12)23-15-6-10-20-16(22-15)13-3-1-2-7-19-13/h1-11H,(H,20,22,23,26). The molecule has 9 nitrogen and oxygen atoms in total. The molecule has 4 heterocycles. The van der Waals surface area contributed by atoms with E-state index in [0.717, 1.165) is 0 Å². The molecule has 0 aliphatic rings. The summed E-state index contributed by atoms with van der Waals surface area (Å²) in [6.45, 7) is 0. The van der Waals surface area contributed by atoms with Crippen molar-refractivity contribution < 1.29 is 4.79 Å². The largest absolute Gasteiger partial charge is 0.305 e. The van der Waals surface area contributed by atoms with Crippen molar-refractivity contribution in [1.82, 2.24) is 34.9 Å². The number of pyridine rings is 2. The van der Waals surface area contributed by atoms with Crippen LogP contribution in [0.1, 0.15) is 10.5 Å². The van der Waals surface area contributed by atoms with Gasteiger partial charge in [0.05, 0.1) is 11.9 Å². The van der Waals surface area contributed by atoms with Crippen molar-refractivity contribution in [2.75, 3.05) is 5.32 Å². The Balaban J connectivity index is 1.60. The van der Waals surface area contributed by atoms with Gasteiger partial charge in [0.25, 0.3) is 5.91 Å². The van der Waals surface area contributed by atoms with Crippen molar-refractivity contribution in [3.05, 3.63) is 73.1 Å². The van der Waals surface area contributed by atoms with Gasteiger partial charge in [-0.2, -0.15) is 0 Å². The molecule has 0 fully saturated rings. The van der Waals surface area contributed by atoms with Crippen LogP contribution in [0.5, 0.6) is 0 Å². The number of rotatable bonds is 4. The van der Waals surface area contributed by atoms with Gasteiger partial charge in [0.2, 0.25) is 0 Å². The van der Waals surface area contributed by atoms with Crippen LogP contribution in [-0.4, -0.2) is 40.8 Å². The van der Waals surface area contributed by atoms with Crippen LogP contribution < -0.4 is 5.32 Å². The molecule has 9 heteroatoms. The highest BCUT2D eigenvalue weighted by molar-refractivity contribution is 6.02. The van der Waals surface area contributed by atoms with Crippen LogP contribution in [0.15, 0.2) is 67.4 Å². The molecule has 1 amide bonds. The summed E-state index contributed by atoms with van der Waals surface area (Å²) in [7, 11) is 0. The highest BCUT2D eigenvalue weighted by atomic mass is 16.2. The van der Waals surface area contributed by atoms with Gasteiger partial charge in [0.1, 0.15) is 11.5 Å². The number of nitrogens with zero attached hydrogens (tertiary/aromatic N) is 7. The lowest BCUT2D eigenvalue weighted by Gasteiger charge is -2.07. The fraction of sp³-hybridized carbons (Fsp3) is 0. The monoisotopic (exact) mass is 344 g/mol. The Morgan fingerprint density at radius 3 is 2.65 bits per heavy atom. The molecule has 0 saturated carbocycles. The lowest BCUT2D eigenvalue weighted by atomic mass is 10.3. The lowest BCUT2D eigenvalue weighted by molar-refractivity contribution is 0.101. The average Bonchev–Trinajstić information content (AvgIpc) is 3.20. The summed E-state index contributed by atoms with van der Waals surface area (Å²) in [6, 6.07) is 10.5. The molecule has 0 unspecified atom stereocenters. The van der Waals surface area contributed by atoms with E-state index in [0.29, 0.717) is 23.0 Å². The van der Waals surface area contributed by atoms with Gasteiger partial charge < -0.3 is 5.32 Å².